The standard InChI is InChI=1S/C25H31N3O5S/c1-24(2)12-16-11-19(32-6)23-18(13-25(3,4)33-23)21(16)22(27-24)15-8-7-9-17(10-15)34(30,31)28(5)14-20(26)29/h7-11H,12-14H2,1-6H3,(H2,26,29). The topological polar surface area (TPSA) is 111 Å². The summed E-state index contributed by atoms with van der Waals surface area (Å²) in [6.07, 6.45) is 1.40. The second-order valence-electron chi connectivity index (χ2n) is 10.2. The maximum absolute atomic E-state index is 13.1. The summed E-state index contributed by atoms with van der Waals surface area (Å²) in [5.74, 6) is 0.686. The highest BCUT2D eigenvalue weighted by atomic mass is 32.2. The highest BCUT2D eigenvalue weighted by Gasteiger charge is 2.40. The number of nitrogens with zero attached hydrogens (tertiary/aromatic N) is 2. The number of primary amides is 1. The average molecular weight is 486 g/mol. The van der Waals surface area contributed by atoms with Crippen LogP contribution in [-0.2, 0) is 27.7 Å². The van der Waals surface area contributed by atoms with Gasteiger partial charge in [0.2, 0.25) is 15.9 Å². The van der Waals surface area contributed by atoms with Crippen LogP contribution in [0.25, 0.3) is 0 Å². The lowest BCUT2D eigenvalue weighted by Gasteiger charge is -2.31. The van der Waals surface area contributed by atoms with Gasteiger partial charge in [0, 0.05) is 30.2 Å². The van der Waals surface area contributed by atoms with Gasteiger partial charge >= 0.3 is 0 Å². The number of likely N-dealkylation sites (N-methyl/N-ethyl adjacent to an activating group) is 1. The van der Waals surface area contributed by atoms with Gasteiger partial charge in [0.15, 0.2) is 11.5 Å². The molecule has 2 aromatic rings. The van der Waals surface area contributed by atoms with E-state index < -0.39 is 33.6 Å². The smallest absolute Gasteiger partial charge is 0.243 e. The van der Waals surface area contributed by atoms with Gasteiger partial charge in [-0.05, 0) is 57.9 Å². The molecule has 34 heavy (non-hydrogen) atoms. The van der Waals surface area contributed by atoms with Crippen molar-refractivity contribution in [3.8, 4) is 11.5 Å². The summed E-state index contributed by atoms with van der Waals surface area (Å²) in [5, 5.41) is 0. The van der Waals surface area contributed by atoms with Crippen LogP contribution in [0.5, 0.6) is 11.5 Å². The van der Waals surface area contributed by atoms with Crippen LogP contribution in [0.1, 0.15) is 49.9 Å². The molecule has 4 rings (SSSR count). The zero-order valence-corrected chi connectivity index (χ0v) is 21.2. The van der Waals surface area contributed by atoms with Crippen molar-refractivity contribution in [2.24, 2.45) is 10.7 Å². The molecular weight excluding hydrogens is 454 g/mol. The molecule has 2 N–H and O–H groups in total. The Hall–Kier alpha value is -2.91. The van der Waals surface area contributed by atoms with Crippen molar-refractivity contribution in [2.75, 3.05) is 20.7 Å². The molecule has 1 amide bonds. The Labute approximate surface area is 200 Å². The van der Waals surface area contributed by atoms with Crippen LogP contribution in [0.3, 0.4) is 0 Å². The fourth-order valence-corrected chi connectivity index (χ4v) is 5.90. The first-order valence-electron chi connectivity index (χ1n) is 11.1. The van der Waals surface area contributed by atoms with Gasteiger partial charge in [0.05, 0.1) is 29.8 Å². The number of hydrogen-bond donors (Lipinski definition) is 1. The predicted molar refractivity (Wildman–Crippen MR) is 130 cm³/mol. The number of carbonyl (C=O) groups excluding carboxylic acids is 1. The van der Waals surface area contributed by atoms with E-state index in [2.05, 4.69) is 13.8 Å². The van der Waals surface area contributed by atoms with Gasteiger partial charge < -0.3 is 15.2 Å². The van der Waals surface area contributed by atoms with E-state index in [1.54, 1.807) is 19.2 Å². The normalized spacial score (nSPS) is 18.0. The highest BCUT2D eigenvalue weighted by Crippen LogP contribution is 2.47. The van der Waals surface area contributed by atoms with Gasteiger partial charge in [-0.25, -0.2) is 8.42 Å². The molecule has 0 atom stereocenters. The molecule has 0 aromatic heterocycles. The van der Waals surface area contributed by atoms with Crippen LogP contribution in [-0.4, -0.2) is 56.2 Å². The molecule has 0 aliphatic carbocycles. The van der Waals surface area contributed by atoms with Crippen LogP contribution in [0.4, 0.5) is 0 Å². The summed E-state index contributed by atoms with van der Waals surface area (Å²) in [4.78, 5) is 16.4. The van der Waals surface area contributed by atoms with E-state index in [9.17, 15) is 13.2 Å². The van der Waals surface area contributed by atoms with Crippen molar-refractivity contribution in [2.45, 2.75) is 56.6 Å². The van der Waals surface area contributed by atoms with Crippen molar-refractivity contribution >= 4 is 21.6 Å². The Bertz CT molecular complexity index is 1310. The van der Waals surface area contributed by atoms with Crippen LogP contribution < -0.4 is 15.2 Å². The van der Waals surface area contributed by atoms with E-state index in [-0.39, 0.29) is 4.90 Å². The summed E-state index contributed by atoms with van der Waals surface area (Å²) in [7, 11) is -0.939. The second kappa shape index (κ2) is 8.09. The van der Waals surface area contributed by atoms with Gasteiger partial charge in [0.1, 0.15) is 5.60 Å². The summed E-state index contributed by atoms with van der Waals surface area (Å²) in [6, 6.07) is 8.67. The molecule has 2 aromatic carbocycles. The van der Waals surface area contributed by atoms with Crippen molar-refractivity contribution in [3.05, 3.63) is 52.6 Å². The van der Waals surface area contributed by atoms with E-state index in [1.165, 1.54) is 13.1 Å². The molecule has 2 heterocycles. The number of rotatable bonds is 6. The molecule has 0 saturated heterocycles. The Morgan fingerprint density at radius 1 is 1.21 bits per heavy atom. The predicted octanol–water partition coefficient (Wildman–Crippen LogP) is 2.69. The molecule has 9 heteroatoms. The van der Waals surface area contributed by atoms with Crippen LogP contribution in [0.2, 0.25) is 0 Å². The van der Waals surface area contributed by atoms with Crippen LogP contribution in [0, 0.1) is 0 Å². The van der Waals surface area contributed by atoms with Gasteiger partial charge in [-0.1, -0.05) is 12.1 Å². The van der Waals surface area contributed by atoms with E-state index in [0.29, 0.717) is 23.5 Å². The third kappa shape index (κ3) is 4.30. The lowest BCUT2D eigenvalue weighted by atomic mass is 9.81. The van der Waals surface area contributed by atoms with Crippen molar-refractivity contribution < 1.29 is 22.7 Å². The average Bonchev–Trinajstić information content (AvgIpc) is 3.06. The van der Waals surface area contributed by atoms with Gasteiger partial charge in [-0.3, -0.25) is 9.79 Å². The molecular formula is C25H31N3O5S. The third-order valence-corrected chi connectivity index (χ3v) is 7.89. The van der Waals surface area contributed by atoms with Crippen molar-refractivity contribution in [1.82, 2.24) is 4.31 Å². The first kappa shape index (κ1) is 24.2. The number of benzene rings is 2. The number of ether oxygens (including phenoxy) is 2. The SMILES string of the molecule is COc1cc2c(c3c1OC(C)(C)C3)C(c1cccc(S(=O)(=O)N(C)CC(N)=O)c1)=NC(C)(C)C2. The first-order chi connectivity index (χ1) is 15.7. The molecule has 182 valence electrons. The summed E-state index contributed by atoms with van der Waals surface area (Å²) >= 11 is 0. The number of fused-ring (bicyclic) bond motifs is 3. The molecule has 0 spiro atoms. The lowest BCUT2D eigenvalue weighted by molar-refractivity contribution is -0.118. The molecule has 0 bridgehead atoms. The minimum Gasteiger partial charge on any atom is -0.493 e. The molecule has 0 unspecified atom stereocenters. The molecule has 2 aliphatic heterocycles. The van der Waals surface area contributed by atoms with Gasteiger partial charge in [-0.15, -0.1) is 0 Å². The quantitative estimate of drug-likeness (QED) is 0.676. The molecule has 0 radical (unpaired) electrons. The second-order valence-corrected chi connectivity index (χ2v) is 12.2. The van der Waals surface area contributed by atoms with Crippen LogP contribution >= 0.6 is 0 Å². The zero-order valence-electron chi connectivity index (χ0n) is 20.4. The Morgan fingerprint density at radius 2 is 1.91 bits per heavy atom. The van der Waals surface area contributed by atoms with E-state index >= 15 is 0 Å². The maximum Gasteiger partial charge on any atom is 0.243 e. The first-order valence-corrected chi connectivity index (χ1v) is 12.6. The summed E-state index contributed by atoms with van der Waals surface area (Å²) < 4.78 is 39.0. The van der Waals surface area contributed by atoms with E-state index in [0.717, 1.165) is 33.1 Å². The van der Waals surface area contributed by atoms with Gasteiger partial charge in [-0.2, -0.15) is 4.31 Å². The van der Waals surface area contributed by atoms with Crippen LogP contribution in [0.15, 0.2) is 40.2 Å². The molecule has 2 aliphatic rings. The fraction of sp³-hybridized carbons (Fsp3) is 0.440. The number of carbonyl (C=O) groups is 1. The number of nitrogens with two attached hydrogens (primary N) is 1. The minimum absolute atomic E-state index is 0.0723. The lowest BCUT2D eigenvalue weighted by Crippen LogP contribution is -2.35. The van der Waals surface area contributed by atoms with Gasteiger partial charge in [0.25, 0.3) is 0 Å². The number of amides is 1. The Kier molecular flexibility index (Phi) is 5.77. The van der Waals surface area contributed by atoms with Crippen molar-refractivity contribution in [1.29, 1.82) is 0 Å². The molecule has 8 nitrogen and oxygen atoms in total. The largest absolute Gasteiger partial charge is 0.493 e. The van der Waals surface area contributed by atoms with E-state index in [1.807, 2.05) is 26.0 Å². The Balaban J connectivity index is 1.89. The molecule has 0 saturated carbocycles. The zero-order chi connectivity index (χ0) is 25.1. The Morgan fingerprint density at radius 3 is 2.56 bits per heavy atom. The minimum atomic E-state index is -3.91. The maximum atomic E-state index is 13.1. The highest BCUT2D eigenvalue weighted by molar-refractivity contribution is 7.89. The monoisotopic (exact) mass is 485 g/mol. The number of sulfonamides is 1. The number of hydrogen-bond acceptors (Lipinski definition) is 6. The van der Waals surface area contributed by atoms with Crippen molar-refractivity contribution in [3.63, 3.8) is 0 Å². The number of methoxy groups -OCH3 is 1. The third-order valence-electron chi connectivity index (χ3n) is 6.10. The number of aliphatic imine (C=N–C) groups is 1. The van der Waals surface area contributed by atoms with E-state index in [4.69, 9.17) is 20.2 Å². The fourth-order valence-electron chi connectivity index (χ4n) is 4.72. The summed E-state index contributed by atoms with van der Waals surface area (Å²) in [6.45, 7) is 7.77. The molecule has 0 fully saturated rings. The summed E-state index contributed by atoms with van der Waals surface area (Å²) in [5.41, 5.74) is 8.90.